The average Bonchev–Trinajstić information content (AvgIpc) is 3.07. The number of amides is 1. The number of hydrogen-bond acceptors (Lipinski definition) is 5. The zero-order valence-electron chi connectivity index (χ0n) is 16.2. The molecule has 1 amide bonds. The van der Waals surface area contributed by atoms with Gasteiger partial charge in [0.15, 0.2) is 0 Å². The maximum Gasteiger partial charge on any atom is 0.255 e. The molecule has 2 heterocycles. The smallest absolute Gasteiger partial charge is 0.255 e. The van der Waals surface area contributed by atoms with Gasteiger partial charge >= 0.3 is 0 Å². The first-order chi connectivity index (χ1) is 12.5. The summed E-state index contributed by atoms with van der Waals surface area (Å²) in [4.78, 5) is 21.5. The summed E-state index contributed by atoms with van der Waals surface area (Å²) < 4.78 is 5.74. The van der Waals surface area contributed by atoms with E-state index in [1.54, 1.807) is 13.3 Å². The molecule has 2 fully saturated rings. The van der Waals surface area contributed by atoms with E-state index in [9.17, 15) is 4.79 Å². The number of ether oxygens (including phenoxy) is 1. The summed E-state index contributed by atoms with van der Waals surface area (Å²) in [5, 5.41) is 0. The van der Waals surface area contributed by atoms with Gasteiger partial charge in [0.05, 0.1) is 11.7 Å². The van der Waals surface area contributed by atoms with Gasteiger partial charge in [-0.3, -0.25) is 9.78 Å². The van der Waals surface area contributed by atoms with E-state index in [1.165, 1.54) is 0 Å². The normalized spacial score (nSPS) is 28.4. The molecule has 0 unspecified atom stereocenters. The number of aromatic nitrogens is 1. The Hall–Kier alpha value is -1.50. The number of carbonyl (C=O) groups excluding carboxylic acids is 1. The molecule has 1 saturated carbocycles. The summed E-state index contributed by atoms with van der Waals surface area (Å²) in [6, 6.07) is 2.41. The molecule has 26 heavy (non-hydrogen) atoms. The fraction of sp³-hybridized carbons (Fsp3) is 0.700. The highest BCUT2D eigenvalue weighted by Crippen LogP contribution is 2.39. The van der Waals surface area contributed by atoms with Crippen molar-refractivity contribution in [3.8, 4) is 0 Å². The van der Waals surface area contributed by atoms with Crippen molar-refractivity contribution in [3.05, 3.63) is 29.6 Å². The number of pyridine rings is 1. The van der Waals surface area contributed by atoms with Crippen LogP contribution in [-0.2, 0) is 11.2 Å². The van der Waals surface area contributed by atoms with Crippen LogP contribution in [0.15, 0.2) is 18.5 Å². The van der Waals surface area contributed by atoms with Crippen LogP contribution in [0.2, 0.25) is 0 Å². The quantitative estimate of drug-likeness (QED) is 0.830. The number of likely N-dealkylation sites (N-methyl/N-ethyl adjacent to an activating group) is 1. The van der Waals surface area contributed by atoms with Gasteiger partial charge in [-0.15, -0.1) is 0 Å². The molecule has 1 saturated heterocycles. The van der Waals surface area contributed by atoms with Crippen LogP contribution in [0.1, 0.15) is 35.2 Å². The van der Waals surface area contributed by atoms with Crippen LogP contribution in [0.25, 0.3) is 0 Å². The Kier molecular flexibility index (Phi) is 6.27. The van der Waals surface area contributed by atoms with Gasteiger partial charge < -0.3 is 20.3 Å². The van der Waals surface area contributed by atoms with Gasteiger partial charge in [0.25, 0.3) is 5.91 Å². The van der Waals surface area contributed by atoms with Gasteiger partial charge in [-0.2, -0.15) is 0 Å². The highest BCUT2D eigenvalue weighted by molar-refractivity contribution is 5.94. The molecule has 2 N–H and O–H groups in total. The Bertz CT molecular complexity index is 622. The average molecular weight is 361 g/mol. The molecule has 2 aliphatic rings. The topological polar surface area (TPSA) is 71.7 Å². The molecular weight excluding hydrogens is 328 g/mol. The van der Waals surface area contributed by atoms with Crippen LogP contribution in [0.4, 0.5) is 0 Å². The number of likely N-dealkylation sites (tertiary alicyclic amines) is 1. The van der Waals surface area contributed by atoms with Crippen molar-refractivity contribution < 1.29 is 9.53 Å². The van der Waals surface area contributed by atoms with E-state index >= 15 is 0 Å². The molecule has 144 valence electrons. The minimum atomic E-state index is 0.108. The van der Waals surface area contributed by atoms with Gasteiger partial charge in [-0.25, -0.2) is 0 Å². The van der Waals surface area contributed by atoms with Gasteiger partial charge in [0.1, 0.15) is 0 Å². The van der Waals surface area contributed by atoms with Gasteiger partial charge in [-0.1, -0.05) is 0 Å². The predicted molar refractivity (Wildman–Crippen MR) is 102 cm³/mol. The van der Waals surface area contributed by atoms with E-state index in [0.717, 1.165) is 44.3 Å². The zero-order valence-corrected chi connectivity index (χ0v) is 16.2. The molecule has 0 radical (unpaired) electrons. The molecule has 1 aromatic rings. The van der Waals surface area contributed by atoms with Crippen molar-refractivity contribution in [1.29, 1.82) is 0 Å². The van der Waals surface area contributed by atoms with Gasteiger partial charge in [0, 0.05) is 38.6 Å². The van der Waals surface area contributed by atoms with E-state index in [1.807, 2.05) is 17.2 Å². The van der Waals surface area contributed by atoms with Crippen LogP contribution >= 0.6 is 0 Å². The van der Waals surface area contributed by atoms with Crippen LogP contribution in [-0.4, -0.2) is 73.7 Å². The Morgan fingerprint density at radius 3 is 2.69 bits per heavy atom. The van der Waals surface area contributed by atoms with Crippen molar-refractivity contribution in [2.24, 2.45) is 17.6 Å². The van der Waals surface area contributed by atoms with Crippen molar-refractivity contribution in [3.63, 3.8) is 0 Å². The third-order valence-corrected chi connectivity index (χ3v) is 6.05. The number of methoxy groups -OCH3 is 1. The molecule has 0 bridgehead atoms. The fourth-order valence-electron chi connectivity index (χ4n) is 4.58. The van der Waals surface area contributed by atoms with Crippen LogP contribution in [0.3, 0.4) is 0 Å². The van der Waals surface area contributed by atoms with E-state index in [0.29, 0.717) is 30.0 Å². The van der Waals surface area contributed by atoms with Crippen LogP contribution < -0.4 is 5.73 Å². The third-order valence-electron chi connectivity index (χ3n) is 6.05. The summed E-state index contributed by atoms with van der Waals surface area (Å²) in [7, 11) is 6.04. The summed E-state index contributed by atoms with van der Waals surface area (Å²) in [6.45, 7) is 2.33. The number of nitrogens with zero attached hydrogens (tertiary/aromatic N) is 3. The highest BCUT2D eigenvalue weighted by Gasteiger charge is 2.44. The lowest BCUT2D eigenvalue weighted by atomic mass is 9.77. The first-order valence-corrected chi connectivity index (χ1v) is 9.66. The molecule has 0 aromatic carbocycles. The molecule has 1 aromatic heterocycles. The highest BCUT2D eigenvalue weighted by atomic mass is 16.5. The van der Waals surface area contributed by atoms with Gasteiger partial charge in [0.2, 0.25) is 0 Å². The first kappa shape index (κ1) is 19.3. The Morgan fingerprint density at radius 2 is 2.04 bits per heavy atom. The predicted octanol–water partition coefficient (Wildman–Crippen LogP) is 1.40. The van der Waals surface area contributed by atoms with Crippen molar-refractivity contribution in [2.45, 2.75) is 37.8 Å². The number of rotatable bonds is 6. The second kappa shape index (κ2) is 8.46. The van der Waals surface area contributed by atoms with Crippen LogP contribution in [0, 0.1) is 11.8 Å². The standard InChI is InChI=1S/C20H32N4O2/c1-23(2)18-8-16-12-24(13-17(16)9-19(18)26-3)20(25)15-7-14(5-4-6-21)10-22-11-15/h7,10-11,16-19H,4-6,8-9,12-13,21H2,1-3H3/t16-,17+,18-,19-/m1/s1. The first-order valence-electron chi connectivity index (χ1n) is 9.66. The summed E-state index contributed by atoms with van der Waals surface area (Å²) >= 11 is 0. The number of carbonyl (C=O) groups is 1. The summed E-state index contributed by atoms with van der Waals surface area (Å²) in [5.74, 6) is 1.21. The fourth-order valence-corrected chi connectivity index (χ4v) is 4.58. The summed E-state index contributed by atoms with van der Waals surface area (Å²) in [5.41, 5.74) is 7.37. The number of aryl methyl sites for hydroxylation is 1. The van der Waals surface area contributed by atoms with E-state index < -0.39 is 0 Å². The molecule has 0 spiro atoms. The molecule has 3 rings (SSSR count). The molecule has 4 atom stereocenters. The molecule has 1 aliphatic carbocycles. The number of nitrogens with two attached hydrogens (primary N) is 1. The number of hydrogen-bond donors (Lipinski definition) is 1. The Balaban J connectivity index is 1.67. The van der Waals surface area contributed by atoms with E-state index in [-0.39, 0.29) is 12.0 Å². The molecule has 6 heteroatoms. The minimum Gasteiger partial charge on any atom is -0.380 e. The monoisotopic (exact) mass is 360 g/mol. The molecule has 6 nitrogen and oxygen atoms in total. The second-order valence-corrected chi connectivity index (χ2v) is 7.98. The SMILES string of the molecule is CO[C@@H]1C[C@H]2CN(C(=O)c3cncc(CCCN)c3)C[C@H]2C[C@H]1N(C)C. The lowest BCUT2D eigenvalue weighted by Crippen LogP contribution is -2.47. The van der Waals surface area contributed by atoms with Crippen molar-refractivity contribution >= 4 is 5.91 Å². The molecular formula is C20H32N4O2. The minimum absolute atomic E-state index is 0.108. The van der Waals surface area contributed by atoms with E-state index in [4.69, 9.17) is 10.5 Å². The lowest BCUT2D eigenvalue weighted by molar-refractivity contribution is -0.0209. The maximum atomic E-state index is 13.0. The Labute approximate surface area is 156 Å². The molecule has 1 aliphatic heterocycles. The van der Waals surface area contributed by atoms with Crippen molar-refractivity contribution in [2.75, 3.05) is 40.8 Å². The number of fused-ring (bicyclic) bond motifs is 1. The third kappa shape index (κ3) is 4.08. The van der Waals surface area contributed by atoms with E-state index in [2.05, 4.69) is 24.0 Å². The Morgan fingerprint density at radius 1 is 1.31 bits per heavy atom. The van der Waals surface area contributed by atoms with Gasteiger partial charge in [-0.05, 0) is 69.8 Å². The van der Waals surface area contributed by atoms with Crippen molar-refractivity contribution in [1.82, 2.24) is 14.8 Å². The van der Waals surface area contributed by atoms with Crippen LogP contribution in [0.5, 0.6) is 0 Å². The largest absolute Gasteiger partial charge is 0.380 e. The second-order valence-electron chi connectivity index (χ2n) is 7.98. The summed E-state index contributed by atoms with van der Waals surface area (Å²) in [6.07, 6.45) is 7.69. The maximum absolute atomic E-state index is 13.0. The lowest BCUT2D eigenvalue weighted by Gasteiger charge is -2.40. The zero-order chi connectivity index (χ0) is 18.7.